The smallest absolute Gasteiger partial charge is 0.410 e. The van der Waals surface area contributed by atoms with E-state index in [2.05, 4.69) is 15.7 Å². The predicted molar refractivity (Wildman–Crippen MR) is 110 cm³/mol. The van der Waals surface area contributed by atoms with Crippen LogP contribution in [-0.2, 0) is 0 Å². The molecule has 4 saturated carbocycles. The number of hydrogen-bond donors (Lipinski definition) is 2. The van der Waals surface area contributed by atoms with Crippen LogP contribution in [-0.4, -0.2) is 28.4 Å². The number of nitrogens with one attached hydrogen (secondary N) is 2. The third-order valence-corrected chi connectivity index (χ3v) is 8.16. The number of nitrogens with zero attached hydrogens (tertiary/aromatic N) is 2. The van der Waals surface area contributed by atoms with Crippen LogP contribution < -0.4 is 10.6 Å². The Bertz CT molecular complexity index is 978. The van der Waals surface area contributed by atoms with Gasteiger partial charge in [-0.3, -0.25) is 4.79 Å². The molecule has 4 aliphatic carbocycles. The number of furan rings is 1. The van der Waals surface area contributed by atoms with Gasteiger partial charge in [-0.25, -0.2) is 4.68 Å². The molecule has 1 amide bonds. The largest absolute Gasteiger partial charge is 0.467 e. The Morgan fingerprint density at radius 2 is 1.88 bits per heavy atom. The van der Waals surface area contributed by atoms with Crippen molar-refractivity contribution in [3.05, 3.63) is 35.9 Å². The Hall–Kier alpha value is -2.45. The van der Waals surface area contributed by atoms with Gasteiger partial charge < -0.3 is 15.1 Å². The zero-order valence-corrected chi connectivity index (χ0v) is 17.7. The number of aromatic nitrogens is 2. The summed E-state index contributed by atoms with van der Waals surface area (Å²) in [6, 6.07) is 0.781. The second kappa shape index (κ2) is 7.02. The molecule has 0 aromatic carbocycles. The Morgan fingerprint density at radius 3 is 2.47 bits per heavy atom. The van der Waals surface area contributed by atoms with Crippen molar-refractivity contribution in [2.24, 2.45) is 23.2 Å². The maximum Gasteiger partial charge on any atom is 0.410 e. The lowest BCUT2D eigenvalue weighted by Gasteiger charge is -2.56. The second-order valence-electron chi connectivity index (χ2n) is 10.5. The summed E-state index contributed by atoms with van der Waals surface area (Å²) in [7, 11) is 0. The van der Waals surface area contributed by atoms with Crippen molar-refractivity contribution >= 4 is 11.7 Å². The molecular formula is C23H27F3N4O2. The first-order valence-corrected chi connectivity index (χ1v) is 11.5. The van der Waals surface area contributed by atoms with Gasteiger partial charge in [-0.1, -0.05) is 0 Å². The van der Waals surface area contributed by atoms with Gasteiger partial charge in [0.15, 0.2) is 6.04 Å². The van der Waals surface area contributed by atoms with Crippen LogP contribution in [0.1, 0.15) is 73.1 Å². The fourth-order valence-electron chi connectivity index (χ4n) is 7.27. The Morgan fingerprint density at radius 1 is 1.19 bits per heavy atom. The van der Waals surface area contributed by atoms with E-state index in [1.165, 1.54) is 31.7 Å². The van der Waals surface area contributed by atoms with Crippen molar-refractivity contribution in [3.8, 4) is 0 Å². The van der Waals surface area contributed by atoms with E-state index in [0.717, 1.165) is 41.7 Å². The summed E-state index contributed by atoms with van der Waals surface area (Å²) < 4.78 is 47.6. The highest BCUT2D eigenvalue weighted by atomic mass is 19.4. The first-order valence-electron chi connectivity index (χ1n) is 11.5. The van der Waals surface area contributed by atoms with E-state index in [4.69, 9.17) is 4.42 Å². The molecule has 0 spiro atoms. The number of hydrogen-bond acceptors (Lipinski definition) is 4. The lowest BCUT2D eigenvalue weighted by Crippen LogP contribution is -2.51. The summed E-state index contributed by atoms with van der Waals surface area (Å²) in [6.45, 7) is 0.588. The maximum absolute atomic E-state index is 13.8. The Balaban J connectivity index is 1.24. The minimum absolute atomic E-state index is 0.1000. The number of carbonyl (C=O) groups is 1. The molecule has 3 heterocycles. The molecule has 5 aliphatic rings. The molecule has 7 rings (SSSR count). The highest BCUT2D eigenvalue weighted by molar-refractivity contribution is 5.98. The number of halogens is 3. The molecule has 1 aliphatic heterocycles. The van der Waals surface area contributed by atoms with Crippen LogP contribution in [0.5, 0.6) is 0 Å². The van der Waals surface area contributed by atoms with Crippen molar-refractivity contribution in [2.75, 3.05) is 11.9 Å². The first kappa shape index (κ1) is 20.2. The van der Waals surface area contributed by atoms with E-state index >= 15 is 0 Å². The second-order valence-corrected chi connectivity index (χ2v) is 10.5. The first-order chi connectivity index (χ1) is 15.3. The number of carbonyl (C=O) groups excluding carboxylic acids is 1. The number of rotatable bonds is 4. The minimum atomic E-state index is -4.49. The van der Waals surface area contributed by atoms with Crippen molar-refractivity contribution in [1.82, 2.24) is 15.1 Å². The van der Waals surface area contributed by atoms with Crippen LogP contribution in [0.4, 0.5) is 19.0 Å². The fraction of sp³-hybridized carbons (Fsp3) is 0.652. The van der Waals surface area contributed by atoms with Crippen LogP contribution in [0.25, 0.3) is 0 Å². The average Bonchev–Trinajstić information content (AvgIpc) is 3.39. The normalized spacial score (nSPS) is 35.4. The summed E-state index contributed by atoms with van der Waals surface area (Å²) in [5, 5.41) is 10.1. The van der Waals surface area contributed by atoms with E-state index < -0.39 is 18.3 Å². The number of anilines is 1. The highest BCUT2D eigenvalue weighted by Gasteiger charge is 2.51. The third-order valence-electron chi connectivity index (χ3n) is 8.16. The third kappa shape index (κ3) is 3.31. The van der Waals surface area contributed by atoms with Crippen molar-refractivity contribution in [2.45, 2.75) is 63.2 Å². The number of alkyl halides is 3. The molecule has 2 atom stereocenters. The summed E-state index contributed by atoms with van der Waals surface area (Å²) in [4.78, 5) is 13.1. The van der Waals surface area contributed by atoms with E-state index in [0.29, 0.717) is 12.3 Å². The van der Waals surface area contributed by atoms with Crippen molar-refractivity contribution in [3.63, 3.8) is 0 Å². The monoisotopic (exact) mass is 448 g/mol. The van der Waals surface area contributed by atoms with Gasteiger partial charge in [0.1, 0.15) is 17.1 Å². The molecule has 0 radical (unpaired) electrons. The molecule has 2 aromatic rings. The summed E-state index contributed by atoms with van der Waals surface area (Å²) >= 11 is 0. The lowest BCUT2D eigenvalue weighted by atomic mass is 9.49. The molecule has 2 aromatic heterocycles. The SMILES string of the molecule is O=C(NCC12CC3CC(CC(C3)C1)C2)c1cnn2c1N[C@@H](c1ccco1)C[C@H]2C(F)(F)F. The van der Waals surface area contributed by atoms with Crippen molar-refractivity contribution < 1.29 is 22.4 Å². The molecule has 6 nitrogen and oxygen atoms in total. The van der Waals surface area contributed by atoms with E-state index in [9.17, 15) is 18.0 Å². The van der Waals surface area contributed by atoms with Gasteiger partial charge >= 0.3 is 6.18 Å². The number of amides is 1. The van der Waals surface area contributed by atoms with Crippen LogP contribution in [0.3, 0.4) is 0 Å². The van der Waals surface area contributed by atoms with Crippen LogP contribution >= 0.6 is 0 Å². The molecule has 0 unspecified atom stereocenters. The van der Waals surface area contributed by atoms with Gasteiger partial charge in [0, 0.05) is 13.0 Å². The number of fused-ring (bicyclic) bond motifs is 1. The Kier molecular flexibility index (Phi) is 4.43. The van der Waals surface area contributed by atoms with Gasteiger partial charge in [0.25, 0.3) is 5.91 Å². The molecule has 0 saturated heterocycles. The van der Waals surface area contributed by atoms with E-state index in [-0.39, 0.29) is 29.1 Å². The molecular weight excluding hydrogens is 421 g/mol. The fourth-order valence-corrected chi connectivity index (χ4v) is 7.27. The van der Waals surface area contributed by atoms with Crippen LogP contribution in [0.2, 0.25) is 0 Å². The Labute approximate surface area is 183 Å². The van der Waals surface area contributed by atoms with E-state index in [1.54, 1.807) is 12.1 Å². The van der Waals surface area contributed by atoms with Gasteiger partial charge in [0.2, 0.25) is 0 Å². The average molecular weight is 448 g/mol. The molecule has 4 fully saturated rings. The standard InChI is InChI=1S/C23H27F3N4O2/c24-23(25,26)19-7-17(18-2-1-3-32-18)29-20-16(11-28-30(19)20)21(31)27-12-22-8-13-4-14(9-22)6-15(5-13)10-22/h1-3,11,13-15,17,19,29H,4-10,12H2,(H,27,31)/t13?,14?,15?,17-,19+,22?/m1/s1. The maximum atomic E-state index is 13.8. The van der Waals surface area contributed by atoms with Gasteiger partial charge in [-0.2, -0.15) is 18.3 Å². The quantitative estimate of drug-likeness (QED) is 0.684. The van der Waals surface area contributed by atoms with Gasteiger partial charge in [-0.05, 0) is 73.8 Å². The van der Waals surface area contributed by atoms with Crippen LogP contribution in [0.15, 0.2) is 29.0 Å². The molecule has 4 bridgehead atoms. The summed E-state index contributed by atoms with van der Waals surface area (Å²) in [5.74, 6) is 2.45. The van der Waals surface area contributed by atoms with Gasteiger partial charge in [-0.15, -0.1) is 0 Å². The summed E-state index contributed by atoms with van der Waals surface area (Å²) in [6.07, 6.45) is 5.37. The summed E-state index contributed by atoms with van der Waals surface area (Å²) in [5.41, 5.74) is 0.302. The van der Waals surface area contributed by atoms with Crippen LogP contribution in [0, 0.1) is 23.2 Å². The topological polar surface area (TPSA) is 72.1 Å². The predicted octanol–water partition coefficient (Wildman–Crippen LogP) is 5.08. The zero-order valence-electron chi connectivity index (χ0n) is 17.7. The molecule has 172 valence electrons. The van der Waals surface area contributed by atoms with Gasteiger partial charge in [0.05, 0.1) is 18.5 Å². The molecule has 32 heavy (non-hydrogen) atoms. The highest BCUT2D eigenvalue weighted by Crippen LogP contribution is 2.59. The van der Waals surface area contributed by atoms with E-state index in [1.807, 2.05) is 0 Å². The zero-order chi connectivity index (χ0) is 22.1. The van der Waals surface area contributed by atoms with Crippen molar-refractivity contribution in [1.29, 1.82) is 0 Å². The lowest BCUT2D eigenvalue weighted by molar-refractivity contribution is -0.174. The molecule has 9 heteroatoms. The molecule has 2 N–H and O–H groups in total. The minimum Gasteiger partial charge on any atom is -0.467 e.